The van der Waals surface area contributed by atoms with Gasteiger partial charge in [0.2, 0.25) is 17.7 Å². The summed E-state index contributed by atoms with van der Waals surface area (Å²) in [5, 5.41) is 29.6. The number of aromatic nitrogens is 3. The molecule has 3 aliphatic rings. The van der Waals surface area contributed by atoms with Crippen LogP contribution in [0, 0.1) is 34.5 Å². The summed E-state index contributed by atoms with van der Waals surface area (Å²) in [6.45, 7) is 20.3. The number of piperazine rings is 1. The van der Waals surface area contributed by atoms with E-state index >= 15 is 0 Å². The molecular formula is C55H65ClN10O6S. The number of aliphatic hydroxyl groups is 1. The number of aryl methyl sites for hydroxylation is 1. The third-order valence-electron chi connectivity index (χ3n) is 14.6. The van der Waals surface area contributed by atoms with Gasteiger partial charge in [0.1, 0.15) is 41.6 Å². The molecule has 0 spiro atoms. The number of β-amino-alcohol motifs (C(OH)–C–C–N with tert-alkyl or cyclic N) is 1. The SMILES string of the molecule is Cc1ncsc1-c1ccc(C(C)NC(=O)[C@@H]2C[C@@H](O)CN2C(=O)C(NC(=O)Cc2ccnc(N3CCN(c4ccc(C(=O)NC5C(C)(C)C(Oc6ccc(C#N)c(Cl)c6)C5(C)C)cn4)CC3)c2)C(C)(C)C)cc1. The Balaban J connectivity index is 0.826. The number of rotatable bonds is 14. The largest absolute Gasteiger partial charge is 0.489 e. The first-order chi connectivity index (χ1) is 34.5. The molecule has 5 heterocycles. The number of pyridine rings is 2. The molecule has 5 aromatic rings. The number of benzene rings is 2. The number of thiazole rings is 1. The van der Waals surface area contributed by atoms with Crippen LogP contribution >= 0.6 is 22.9 Å². The van der Waals surface area contributed by atoms with Crippen molar-refractivity contribution < 1.29 is 29.0 Å². The third kappa shape index (κ3) is 11.3. The van der Waals surface area contributed by atoms with Crippen LogP contribution in [0.15, 0.2) is 84.6 Å². The molecule has 0 radical (unpaired) electrons. The summed E-state index contributed by atoms with van der Waals surface area (Å²) in [5.74, 6) is 0.681. The normalized spacial score (nSPS) is 21.0. The molecule has 3 fully saturated rings. The molecule has 2 aliphatic heterocycles. The van der Waals surface area contributed by atoms with Crippen LogP contribution in [0.3, 0.4) is 0 Å². The average molecular weight is 1030 g/mol. The number of carbonyl (C=O) groups is 4. The lowest BCUT2D eigenvalue weighted by Crippen LogP contribution is -2.74. The van der Waals surface area contributed by atoms with Crippen LogP contribution in [0.2, 0.25) is 5.02 Å². The van der Waals surface area contributed by atoms with Gasteiger partial charge in [-0.05, 0) is 72.4 Å². The molecule has 1 saturated carbocycles. The standard InChI is InChI=1S/C55H65ClN10O6S/c1-32(35-10-12-36(13-11-35)46-33(2)60-31-73-46)61-49(70)42-26-39(67)30-66(42)50(71)47(53(3,4)5)62-45(68)25-34-18-19-58-44(24-34)65-22-20-64(21-23-65)43-17-15-38(29-59-43)48(69)63-51-54(6,7)52(55(51,8)9)72-40-16-14-37(28-57)41(56)27-40/h10-19,24,27,29,31-32,39,42,47,51-52,67H,20-23,25-26,30H2,1-9H3,(H,61,70)(H,62,68)(H,63,69)/t32?,39-,42+,47?,51?,52?/m1/s1. The third-order valence-corrected chi connectivity index (χ3v) is 15.9. The van der Waals surface area contributed by atoms with E-state index in [1.165, 1.54) is 4.90 Å². The van der Waals surface area contributed by atoms with Gasteiger partial charge in [-0.2, -0.15) is 5.26 Å². The lowest BCUT2D eigenvalue weighted by Gasteiger charge is -2.63. The van der Waals surface area contributed by atoms with Crippen molar-refractivity contribution >= 4 is 58.2 Å². The van der Waals surface area contributed by atoms with Crippen LogP contribution in [-0.2, 0) is 20.8 Å². The van der Waals surface area contributed by atoms with E-state index in [1.807, 2.05) is 76.5 Å². The molecule has 3 aromatic heterocycles. The molecule has 4 N–H and O–H groups in total. The second kappa shape index (κ2) is 21.1. The van der Waals surface area contributed by atoms with E-state index < -0.39 is 40.3 Å². The summed E-state index contributed by atoms with van der Waals surface area (Å²) in [4.78, 5) is 76.0. The number of halogens is 1. The van der Waals surface area contributed by atoms with Gasteiger partial charge in [-0.3, -0.25) is 19.2 Å². The van der Waals surface area contributed by atoms with Gasteiger partial charge in [-0.25, -0.2) is 15.0 Å². The highest BCUT2D eigenvalue weighted by atomic mass is 35.5. The first-order valence-corrected chi connectivity index (χ1v) is 26.0. The van der Waals surface area contributed by atoms with Crippen molar-refractivity contribution in [3.05, 3.63) is 118 Å². The zero-order chi connectivity index (χ0) is 52.6. The summed E-state index contributed by atoms with van der Waals surface area (Å²) in [6.07, 6.45) is 2.26. The summed E-state index contributed by atoms with van der Waals surface area (Å²) in [7, 11) is 0. The molecule has 2 unspecified atom stereocenters. The fourth-order valence-electron chi connectivity index (χ4n) is 10.8. The van der Waals surface area contributed by atoms with E-state index in [9.17, 15) is 29.5 Å². The Morgan fingerprint density at radius 3 is 2.21 bits per heavy atom. The molecule has 0 bridgehead atoms. The fraction of sp³-hybridized carbons (Fsp3) is 0.455. The average Bonchev–Trinajstić information content (AvgIpc) is 3.98. The monoisotopic (exact) mass is 1030 g/mol. The molecule has 18 heteroatoms. The zero-order valence-corrected chi connectivity index (χ0v) is 44.5. The Labute approximate surface area is 436 Å². The quantitative estimate of drug-likeness (QED) is 0.0866. The number of anilines is 2. The van der Waals surface area contributed by atoms with Crippen molar-refractivity contribution in [3.63, 3.8) is 0 Å². The highest BCUT2D eigenvalue weighted by molar-refractivity contribution is 7.13. The molecule has 384 valence electrons. The van der Waals surface area contributed by atoms with Crippen molar-refractivity contribution in [1.82, 2.24) is 35.8 Å². The van der Waals surface area contributed by atoms with Gasteiger partial charge in [-0.1, -0.05) is 84.3 Å². The smallest absolute Gasteiger partial charge is 0.253 e. The predicted octanol–water partition coefficient (Wildman–Crippen LogP) is 7.28. The summed E-state index contributed by atoms with van der Waals surface area (Å²) in [6, 6.07) is 20.0. The van der Waals surface area contributed by atoms with Crippen molar-refractivity contribution in [3.8, 4) is 22.3 Å². The van der Waals surface area contributed by atoms with E-state index in [0.29, 0.717) is 48.1 Å². The van der Waals surface area contributed by atoms with Crippen LogP contribution in [0.5, 0.6) is 5.75 Å². The minimum absolute atomic E-state index is 0.00260. The van der Waals surface area contributed by atoms with Crippen LogP contribution < -0.4 is 30.5 Å². The summed E-state index contributed by atoms with van der Waals surface area (Å²) in [5.41, 5.74) is 4.75. The first kappa shape index (κ1) is 52.7. The van der Waals surface area contributed by atoms with Crippen LogP contribution in [0.1, 0.15) is 101 Å². The second-order valence-corrected chi connectivity index (χ2v) is 23.0. The minimum atomic E-state index is -0.968. The van der Waals surface area contributed by atoms with Gasteiger partial charge in [0.15, 0.2) is 0 Å². The van der Waals surface area contributed by atoms with Crippen LogP contribution in [-0.4, -0.2) is 112 Å². The number of nitriles is 1. The van der Waals surface area contributed by atoms with Gasteiger partial charge >= 0.3 is 0 Å². The number of hydrogen-bond donors (Lipinski definition) is 4. The Morgan fingerprint density at radius 1 is 0.918 bits per heavy atom. The molecule has 2 aromatic carbocycles. The van der Waals surface area contributed by atoms with Gasteiger partial charge < -0.3 is 40.5 Å². The number of amides is 4. The van der Waals surface area contributed by atoms with E-state index in [4.69, 9.17) is 16.3 Å². The molecule has 16 nitrogen and oxygen atoms in total. The Hall–Kier alpha value is -6.61. The maximum absolute atomic E-state index is 14.3. The van der Waals surface area contributed by atoms with Gasteiger partial charge in [0.05, 0.1) is 50.8 Å². The van der Waals surface area contributed by atoms with Crippen molar-refractivity contribution in [1.29, 1.82) is 5.26 Å². The maximum Gasteiger partial charge on any atom is 0.253 e. The van der Waals surface area contributed by atoms with E-state index in [-0.39, 0.29) is 55.3 Å². The zero-order valence-electron chi connectivity index (χ0n) is 42.9. The van der Waals surface area contributed by atoms with Crippen molar-refractivity contribution in [2.75, 3.05) is 42.5 Å². The lowest BCUT2D eigenvalue weighted by molar-refractivity contribution is -0.164. The van der Waals surface area contributed by atoms with E-state index in [0.717, 1.165) is 38.9 Å². The highest BCUT2D eigenvalue weighted by Crippen LogP contribution is 2.55. The Kier molecular flexibility index (Phi) is 15.2. The maximum atomic E-state index is 14.3. The number of carbonyl (C=O) groups excluding carboxylic acids is 4. The lowest BCUT2D eigenvalue weighted by atomic mass is 9.49. The molecule has 8 rings (SSSR count). The van der Waals surface area contributed by atoms with Crippen molar-refractivity contribution in [2.45, 2.75) is 112 Å². The first-order valence-electron chi connectivity index (χ1n) is 24.7. The summed E-state index contributed by atoms with van der Waals surface area (Å²) >= 11 is 7.84. The number of aliphatic hydroxyl groups excluding tert-OH is 1. The molecule has 4 atom stereocenters. The predicted molar refractivity (Wildman–Crippen MR) is 282 cm³/mol. The Morgan fingerprint density at radius 2 is 1.60 bits per heavy atom. The molecule has 2 saturated heterocycles. The van der Waals surface area contributed by atoms with Gasteiger partial charge in [0.25, 0.3) is 5.91 Å². The van der Waals surface area contributed by atoms with Crippen LogP contribution in [0.25, 0.3) is 10.4 Å². The van der Waals surface area contributed by atoms with Crippen LogP contribution in [0.4, 0.5) is 11.6 Å². The summed E-state index contributed by atoms with van der Waals surface area (Å²) < 4.78 is 6.38. The minimum Gasteiger partial charge on any atom is -0.489 e. The van der Waals surface area contributed by atoms with Crippen molar-refractivity contribution in [2.24, 2.45) is 16.2 Å². The molecular weight excluding hydrogens is 964 g/mol. The van der Waals surface area contributed by atoms with E-state index in [2.05, 4.69) is 74.5 Å². The topological polar surface area (TPSA) is 206 Å². The fourth-order valence-corrected chi connectivity index (χ4v) is 11.9. The molecule has 73 heavy (non-hydrogen) atoms. The van der Waals surface area contributed by atoms with Gasteiger partial charge in [0, 0.05) is 74.5 Å². The second-order valence-electron chi connectivity index (χ2n) is 21.8. The highest BCUT2D eigenvalue weighted by Gasteiger charge is 2.64. The molecule has 1 aliphatic carbocycles. The number of likely N-dealkylation sites (tertiary alicyclic amines) is 1. The number of nitrogens with one attached hydrogen (secondary N) is 3. The number of nitrogens with zero attached hydrogens (tertiary/aromatic N) is 7. The number of ether oxygens (including phenoxy) is 1. The van der Waals surface area contributed by atoms with Gasteiger partial charge in [-0.15, -0.1) is 11.3 Å². The molecule has 4 amide bonds. The Bertz CT molecular complexity index is 2870. The number of hydrogen-bond acceptors (Lipinski definition) is 13. The van der Waals surface area contributed by atoms with E-state index in [1.54, 1.807) is 54.1 Å².